The first-order valence-corrected chi connectivity index (χ1v) is 9.22. The molecule has 0 spiro atoms. The molecular formula is C17H13BrCl2F4O4. The van der Waals surface area contributed by atoms with Gasteiger partial charge in [0.25, 0.3) is 0 Å². The summed E-state index contributed by atoms with van der Waals surface area (Å²) in [7, 11) is 0. The molecule has 0 bridgehead atoms. The van der Waals surface area contributed by atoms with E-state index in [4.69, 9.17) is 32.7 Å². The van der Waals surface area contributed by atoms with E-state index in [9.17, 15) is 22.7 Å². The molecule has 154 valence electrons. The van der Waals surface area contributed by atoms with Gasteiger partial charge in [-0.3, -0.25) is 0 Å². The van der Waals surface area contributed by atoms with Crippen molar-refractivity contribution < 1.29 is 36.9 Å². The second-order valence-electron chi connectivity index (χ2n) is 5.38. The van der Waals surface area contributed by atoms with Gasteiger partial charge in [-0.25, -0.2) is 0 Å². The molecule has 0 heterocycles. The molecule has 0 unspecified atom stereocenters. The van der Waals surface area contributed by atoms with Crippen LogP contribution in [0.2, 0.25) is 10.0 Å². The summed E-state index contributed by atoms with van der Waals surface area (Å²) in [4.78, 5) is -4.50. The maximum Gasteiger partial charge on any atom is 0.475 e. The normalized spacial score (nSPS) is 12.0. The number of rotatable bonds is 9. The zero-order valence-corrected chi connectivity index (χ0v) is 17.0. The predicted molar refractivity (Wildman–Crippen MR) is 99.6 cm³/mol. The molecule has 2 aromatic rings. The van der Waals surface area contributed by atoms with Crippen LogP contribution in [0.1, 0.15) is 6.42 Å². The van der Waals surface area contributed by atoms with Crippen molar-refractivity contribution >= 4 is 39.1 Å². The largest absolute Gasteiger partial charge is 0.508 e. The molecule has 0 atom stereocenters. The number of phenolic OH excluding ortho intramolecular Hbond substituents is 1. The van der Waals surface area contributed by atoms with Gasteiger partial charge in [-0.05, 0) is 24.3 Å². The summed E-state index contributed by atoms with van der Waals surface area (Å²) in [6, 6.07) is 7.33. The minimum Gasteiger partial charge on any atom is -0.508 e. The first-order valence-electron chi connectivity index (χ1n) is 7.67. The van der Waals surface area contributed by atoms with Gasteiger partial charge in [0, 0.05) is 34.5 Å². The quantitative estimate of drug-likeness (QED) is 0.239. The predicted octanol–water partition coefficient (Wildman–Crippen LogP) is 6.51. The van der Waals surface area contributed by atoms with E-state index in [1.54, 1.807) is 15.9 Å². The van der Waals surface area contributed by atoms with E-state index in [1.807, 2.05) is 0 Å². The van der Waals surface area contributed by atoms with Crippen LogP contribution < -0.4 is 14.2 Å². The molecule has 2 aromatic carbocycles. The van der Waals surface area contributed by atoms with Crippen molar-refractivity contribution in [3.05, 3.63) is 46.4 Å². The number of ether oxygens (including phenoxy) is 3. The van der Waals surface area contributed by atoms with Crippen molar-refractivity contribution in [3.8, 4) is 23.0 Å². The van der Waals surface area contributed by atoms with E-state index < -0.39 is 16.7 Å². The SMILES string of the molecule is Oc1cc(Cl)c(OCCCOc2ccc(OC(F)(F)C(F)(F)Br)cc2)c(Cl)c1. The van der Waals surface area contributed by atoms with Crippen LogP contribution in [0.25, 0.3) is 0 Å². The first-order chi connectivity index (χ1) is 13.0. The van der Waals surface area contributed by atoms with Gasteiger partial charge >= 0.3 is 10.9 Å². The Bertz CT molecular complexity index is 778. The molecule has 28 heavy (non-hydrogen) atoms. The highest BCUT2D eigenvalue weighted by Crippen LogP contribution is 2.41. The van der Waals surface area contributed by atoms with Crippen molar-refractivity contribution in [2.24, 2.45) is 0 Å². The Morgan fingerprint density at radius 1 is 0.893 bits per heavy atom. The molecule has 0 saturated carbocycles. The lowest BCUT2D eigenvalue weighted by molar-refractivity contribution is -0.266. The van der Waals surface area contributed by atoms with Crippen LogP contribution >= 0.6 is 39.1 Å². The molecule has 0 aliphatic heterocycles. The fourth-order valence-electron chi connectivity index (χ4n) is 1.92. The van der Waals surface area contributed by atoms with E-state index in [0.717, 1.165) is 12.1 Å². The molecule has 11 heteroatoms. The zero-order valence-electron chi connectivity index (χ0n) is 13.9. The summed E-state index contributed by atoms with van der Waals surface area (Å²) in [6.07, 6.45) is -4.27. The standard InChI is InChI=1S/C17H13BrCl2F4O4/c18-16(21,22)17(23,24)28-12-4-2-11(3-5-12)26-6-1-7-27-15-13(19)8-10(25)9-14(15)20/h2-5,8-9,25H,1,6-7H2. The summed E-state index contributed by atoms with van der Waals surface area (Å²) < 4.78 is 66.4. The Morgan fingerprint density at radius 2 is 1.39 bits per heavy atom. The Balaban J connectivity index is 1.78. The zero-order chi connectivity index (χ0) is 20.9. The molecule has 1 N–H and O–H groups in total. The van der Waals surface area contributed by atoms with Crippen molar-refractivity contribution in [2.45, 2.75) is 17.4 Å². The maximum absolute atomic E-state index is 13.1. The number of aromatic hydroxyl groups is 1. The topological polar surface area (TPSA) is 47.9 Å². The minimum absolute atomic E-state index is 0.0873. The smallest absolute Gasteiger partial charge is 0.475 e. The fourth-order valence-corrected chi connectivity index (χ4v) is 2.58. The van der Waals surface area contributed by atoms with Gasteiger partial charge in [0.05, 0.1) is 23.3 Å². The van der Waals surface area contributed by atoms with Crippen LogP contribution in [0, 0.1) is 0 Å². The van der Waals surface area contributed by atoms with E-state index in [-0.39, 0.29) is 34.8 Å². The Labute approximate surface area is 176 Å². The highest BCUT2D eigenvalue weighted by molar-refractivity contribution is 9.10. The molecule has 2 rings (SSSR count). The molecule has 0 aliphatic rings. The van der Waals surface area contributed by atoms with E-state index in [2.05, 4.69) is 4.74 Å². The van der Waals surface area contributed by atoms with E-state index in [0.29, 0.717) is 12.2 Å². The van der Waals surface area contributed by atoms with E-state index in [1.165, 1.54) is 24.3 Å². The number of benzene rings is 2. The summed E-state index contributed by atoms with van der Waals surface area (Å²) in [6.45, 7) is 0.418. The molecule has 0 aliphatic carbocycles. The number of hydrogen-bond acceptors (Lipinski definition) is 4. The average molecular weight is 508 g/mol. The summed E-state index contributed by atoms with van der Waals surface area (Å²) in [5.41, 5.74) is 0. The number of hydrogen-bond donors (Lipinski definition) is 1. The number of alkyl halides is 5. The lowest BCUT2D eigenvalue weighted by Gasteiger charge is -2.21. The molecule has 0 amide bonds. The number of phenols is 1. The molecule has 4 nitrogen and oxygen atoms in total. The van der Waals surface area contributed by atoms with E-state index >= 15 is 0 Å². The van der Waals surface area contributed by atoms with Gasteiger partial charge in [0.2, 0.25) is 0 Å². The van der Waals surface area contributed by atoms with Crippen LogP contribution in [-0.4, -0.2) is 29.3 Å². The molecule has 0 saturated heterocycles. The molecule has 0 fully saturated rings. The van der Waals surface area contributed by atoms with Crippen molar-refractivity contribution in [3.63, 3.8) is 0 Å². The monoisotopic (exact) mass is 506 g/mol. The first kappa shape index (κ1) is 22.7. The van der Waals surface area contributed by atoms with Crippen molar-refractivity contribution in [1.29, 1.82) is 0 Å². The highest BCUT2D eigenvalue weighted by atomic mass is 79.9. The third-order valence-electron chi connectivity index (χ3n) is 3.19. The van der Waals surface area contributed by atoms with Crippen LogP contribution in [0.4, 0.5) is 17.6 Å². The van der Waals surface area contributed by atoms with Gasteiger partial charge in [0.15, 0.2) is 5.75 Å². The molecule has 0 aromatic heterocycles. The second-order valence-corrected chi connectivity index (χ2v) is 7.19. The molecule has 0 radical (unpaired) electrons. The third-order valence-corrected chi connectivity index (χ3v) is 4.21. The van der Waals surface area contributed by atoms with Crippen molar-refractivity contribution in [2.75, 3.05) is 13.2 Å². The van der Waals surface area contributed by atoms with Gasteiger partial charge in [-0.2, -0.15) is 17.6 Å². The number of halogens is 7. The third kappa shape index (κ3) is 6.22. The minimum atomic E-state index is -4.70. The summed E-state index contributed by atoms with van der Waals surface area (Å²) in [5.74, 6) is 0.0151. The Hall–Kier alpha value is -1.58. The maximum atomic E-state index is 13.1. The van der Waals surface area contributed by atoms with Crippen LogP contribution in [0.5, 0.6) is 23.0 Å². The Morgan fingerprint density at radius 3 is 1.93 bits per heavy atom. The molecular weight excluding hydrogens is 495 g/mol. The average Bonchev–Trinajstić information content (AvgIpc) is 2.56. The highest BCUT2D eigenvalue weighted by Gasteiger charge is 2.57. The van der Waals surface area contributed by atoms with Crippen LogP contribution in [0.15, 0.2) is 36.4 Å². The van der Waals surface area contributed by atoms with Crippen LogP contribution in [0.3, 0.4) is 0 Å². The van der Waals surface area contributed by atoms with Gasteiger partial charge in [0.1, 0.15) is 17.2 Å². The lowest BCUT2D eigenvalue weighted by Crippen LogP contribution is -2.40. The summed E-state index contributed by atoms with van der Waals surface area (Å²) in [5, 5.41) is 9.66. The van der Waals surface area contributed by atoms with Crippen molar-refractivity contribution in [1.82, 2.24) is 0 Å². The van der Waals surface area contributed by atoms with Gasteiger partial charge in [-0.1, -0.05) is 23.2 Å². The van der Waals surface area contributed by atoms with Crippen LogP contribution in [-0.2, 0) is 0 Å². The second kappa shape index (κ2) is 9.28. The van der Waals surface area contributed by atoms with Gasteiger partial charge in [-0.15, -0.1) is 0 Å². The summed E-state index contributed by atoms with van der Waals surface area (Å²) >= 11 is 13.4. The lowest BCUT2D eigenvalue weighted by atomic mass is 10.3. The van der Waals surface area contributed by atoms with Gasteiger partial charge < -0.3 is 19.3 Å². The Kier molecular flexibility index (Phi) is 7.52. The fraction of sp³-hybridized carbons (Fsp3) is 0.294.